The number of hydrogen-bond acceptors (Lipinski definition) is 4. The molecule has 0 radical (unpaired) electrons. The quantitative estimate of drug-likeness (QED) is 0.800. The van der Waals surface area contributed by atoms with Gasteiger partial charge in [-0.3, -0.25) is 9.69 Å². The molecule has 0 spiro atoms. The molecule has 5 nitrogen and oxygen atoms in total. The summed E-state index contributed by atoms with van der Waals surface area (Å²) in [7, 11) is 1.87. The molecular formula is C18H27N3O2. The second-order valence-corrected chi connectivity index (χ2v) is 6.28. The Bertz CT molecular complexity index is 539. The number of carbonyl (C=O) groups is 1. The SMILES string of the molecule is CC(C(=O)NC(C)(C#N)C(C)C)N(C)CCOc1ccccc1. The molecule has 2 atom stereocenters. The Morgan fingerprint density at radius 2 is 1.96 bits per heavy atom. The fraction of sp³-hybridized carbons (Fsp3) is 0.556. The molecule has 23 heavy (non-hydrogen) atoms. The van der Waals surface area contributed by atoms with Crippen LogP contribution < -0.4 is 10.1 Å². The average molecular weight is 317 g/mol. The Morgan fingerprint density at radius 3 is 2.48 bits per heavy atom. The Hall–Kier alpha value is -2.06. The molecular weight excluding hydrogens is 290 g/mol. The lowest BCUT2D eigenvalue weighted by atomic mass is 9.90. The van der Waals surface area contributed by atoms with E-state index in [9.17, 15) is 10.1 Å². The topological polar surface area (TPSA) is 65.4 Å². The molecule has 0 heterocycles. The van der Waals surface area contributed by atoms with Crippen LogP contribution in [0, 0.1) is 17.2 Å². The van der Waals surface area contributed by atoms with Crippen molar-refractivity contribution in [3.63, 3.8) is 0 Å². The van der Waals surface area contributed by atoms with Gasteiger partial charge in [-0.1, -0.05) is 32.0 Å². The zero-order valence-corrected chi connectivity index (χ0v) is 14.7. The fourth-order valence-corrected chi connectivity index (χ4v) is 1.88. The Kier molecular flexibility index (Phi) is 7.05. The van der Waals surface area contributed by atoms with E-state index in [1.54, 1.807) is 6.92 Å². The normalized spacial score (nSPS) is 14.9. The molecule has 1 amide bonds. The van der Waals surface area contributed by atoms with Crippen molar-refractivity contribution in [2.45, 2.75) is 39.3 Å². The van der Waals surface area contributed by atoms with Gasteiger partial charge in [-0.05, 0) is 38.9 Å². The summed E-state index contributed by atoms with van der Waals surface area (Å²) in [5.41, 5.74) is -0.854. The highest BCUT2D eigenvalue weighted by atomic mass is 16.5. The third-order valence-electron chi connectivity index (χ3n) is 4.27. The van der Waals surface area contributed by atoms with Crippen LogP contribution in [-0.4, -0.2) is 42.6 Å². The Morgan fingerprint density at radius 1 is 1.35 bits per heavy atom. The zero-order chi connectivity index (χ0) is 17.5. The van der Waals surface area contributed by atoms with Gasteiger partial charge in [0.2, 0.25) is 5.91 Å². The van der Waals surface area contributed by atoms with Crippen molar-refractivity contribution in [3.8, 4) is 11.8 Å². The van der Waals surface area contributed by atoms with E-state index in [-0.39, 0.29) is 17.9 Å². The molecule has 5 heteroatoms. The number of nitrogens with one attached hydrogen (secondary N) is 1. The van der Waals surface area contributed by atoms with E-state index in [1.807, 2.05) is 63.1 Å². The predicted molar refractivity (Wildman–Crippen MR) is 91.0 cm³/mol. The number of ether oxygens (including phenoxy) is 1. The van der Waals surface area contributed by atoms with E-state index in [1.165, 1.54) is 0 Å². The predicted octanol–water partition coefficient (Wildman–Crippen LogP) is 2.44. The summed E-state index contributed by atoms with van der Waals surface area (Å²) in [6.45, 7) is 8.54. The first-order valence-corrected chi connectivity index (χ1v) is 7.91. The van der Waals surface area contributed by atoms with Gasteiger partial charge in [0.25, 0.3) is 0 Å². The van der Waals surface area contributed by atoms with Gasteiger partial charge in [0.15, 0.2) is 0 Å². The highest BCUT2D eigenvalue weighted by Crippen LogP contribution is 2.15. The number of amides is 1. The van der Waals surface area contributed by atoms with Crippen molar-refractivity contribution in [2.24, 2.45) is 5.92 Å². The van der Waals surface area contributed by atoms with Gasteiger partial charge in [0.05, 0.1) is 12.1 Å². The van der Waals surface area contributed by atoms with Crippen molar-refractivity contribution in [2.75, 3.05) is 20.2 Å². The monoisotopic (exact) mass is 317 g/mol. The van der Waals surface area contributed by atoms with Crippen molar-refractivity contribution in [1.29, 1.82) is 5.26 Å². The summed E-state index contributed by atoms with van der Waals surface area (Å²) in [4.78, 5) is 14.3. The third-order valence-corrected chi connectivity index (χ3v) is 4.27. The molecule has 0 aromatic heterocycles. The van der Waals surface area contributed by atoms with Crippen LogP contribution in [-0.2, 0) is 4.79 Å². The number of likely N-dealkylation sites (N-methyl/N-ethyl adjacent to an activating group) is 1. The smallest absolute Gasteiger partial charge is 0.238 e. The van der Waals surface area contributed by atoms with Crippen LogP contribution >= 0.6 is 0 Å². The van der Waals surface area contributed by atoms with Crippen LogP contribution in [0.3, 0.4) is 0 Å². The largest absolute Gasteiger partial charge is 0.492 e. The summed E-state index contributed by atoms with van der Waals surface area (Å²) < 4.78 is 5.64. The van der Waals surface area contributed by atoms with E-state index in [0.717, 1.165) is 5.75 Å². The van der Waals surface area contributed by atoms with Crippen LogP contribution in [0.4, 0.5) is 0 Å². The van der Waals surface area contributed by atoms with E-state index < -0.39 is 5.54 Å². The maximum atomic E-state index is 12.4. The highest BCUT2D eigenvalue weighted by molar-refractivity contribution is 5.82. The molecule has 0 bridgehead atoms. The van der Waals surface area contributed by atoms with Crippen LogP contribution in [0.5, 0.6) is 5.75 Å². The molecule has 0 aliphatic rings. The molecule has 0 fully saturated rings. The van der Waals surface area contributed by atoms with Crippen LogP contribution in [0.2, 0.25) is 0 Å². The molecule has 0 saturated heterocycles. The summed E-state index contributed by atoms with van der Waals surface area (Å²) in [6.07, 6.45) is 0. The first-order valence-electron chi connectivity index (χ1n) is 7.91. The number of nitriles is 1. The summed E-state index contributed by atoms with van der Waals surface area (Å²) in [6, 6.07) is 11.4. The van der Waals surface area contributed by atoms with Crippen molar-refractivity contribution < 1.29 is 9.53 Å². The lowest BCUT2D eigenvalue weighted by molar-refractivity contribution is -0.127. The van der Waals surface area contributed by atoms with Gasteiger partial charge in [-0.25, -0.2) is 0 Å². The Labute approximate surface area is 139 Å². The van der Waals surface area contributed by atoms with Crippen LogP contribution in [0.25, 0.3) is 0 Å². The van der Waals surface area contributed by atoms with E-state index in [4.69, 9.17) is 4.74 Å². The van der Waals surface area contributed by atoms with Gasteiger partial charge in [-0.15, -0.1) is 0 Å². The minimum Gasteiger partial charge on any atom is -0.492 e. The summed E-state index contributed by atoms with van der Waals surface area (Å²) in [5, 5.41) is 12.1. The van der Waals surface area contributed by atoms with Crippen LogP contribution in [0.15, 0.2) is 30.3 Å². The average Bonchev–Trinajstić information content (AvgIpc) is 2.54. The second-order valence-electron chi connectivity index (χ2n) is 6.28. The van der Waals surface area contributed by atoms with Crippen LogP contribution in [0.1, 0.15) is 27.7 Å². The van der Waals surface area contributed by atoms with E-state index in [0.29, 0.717) is 13.2 Å². The number of rotatable bonds is 8. The zero-order valence-electron chi connectivity index (χ0n) is 14.7. The minimum atomic E-state index is -0.854. The van der Waals surface area contributed by atoms with Gasteiger partial charge in [0, 0.05) is 6.54 Å². The molecule has 0 aliphatic heterocycles. The number of hydrogen-bond donors (Lipinski definition) is 1. The molecule has 126 valence electrons. The molecule has 2 unspecified atom stereocenters. The Balaban J connectivity index is 2.48. The summed E-state index contributed by atoms with van der Waals surface area (Å²) >= 11 is 0. The molecule has 0 saturated carbocycles. The number of benzene rings is 1. The standard InChI is InChI=1S/C18H27N3O2/c1-14(2)18(4,13-19)20-17(22)15(3)21(5)11-12-23-16-9-7-6-8-10-16/h6-10,14-15H,11-12H2,1-5H3,(H,20,22). The van der Waals surface area contributed by atoms with Gasteiger partial charge in [-0.2, -0.15) is 5.26 Å². The maximum absolute atomic E-state index is 12.4. The molecule has 0 aliphatic carbocycles. The number of nitrogens with zero attached hydrogens (tertiary/aromatic N) is 2. The molecule has 1 aromatic carbocycles. The number of para-hydroxylation sites is 1. The van der Waals surface area contributed by atoms with E-state index in [2.05, 4.69) is 11.4 Å². The van der Waals surface area contributed by atoms with Crippen molar-refractivity contribution in [3.05, 3.63) is 30.3 Å². The molecule has 1 aromatic rings. The van der Waals surface area contributed by atoms with Gasteiger partial charge < -0.3 is 10.1 Å². The van der Waals surface area contributed by atoms with Crippen molar-refractivity contribution >= 4 is 5.91 Å². The highest BCUT2D eigenvalue weighted by Gasteiger charge is 2.32. The minimum absolute atomic E-state index is 0.0374. The molecule has 1 N–H and O–H groups in total. The van der Waals surface area contributed by atoms with E-state index >= 15 is 0 Å². The van der Waals surface area contributed by atoms with Crippen molar-refractivity contribution in [1.82, 2.24) is 10.2 Å². The van der Waals surface area contributed by atoms with Gasteiger partial charge in [0.1, 0.15) is 17.9 Å². The fourth-order valence-electron chi connectivity index (χ4n) is 1.88. The van der Waals surface area contributed by atoms with Gasteiger partial charge >= 0.3 is 0 Å². The number of carbonyl (C=O) groups excluding carboxylic acids is 1. The first-order chi connectivity index (χ1) is 10.8. The first kappa shape index (κ1) is 19.0. The third kappa shape index (κ3) is 5.57. The second kappa shape index (κ2) is 8.54. The maximum Gasteiger partial charge on any atom is 0.238 e. The lowest BCUT2D eigenvalue weighted by Gasteiger charge is -2.31. The summed E-state index contributed by atoms with van der Waals surface area (Å²) in [5.74, 6) is 0.704. The lowest BCUT2D eigenvalue weighted by Crippen LogP contribution is -2.54. The molecule has 1 rings (SSSR count).